The van der Waals surface area contributed by atoms with Crippen LogP contribution in [0.5, 0.6) is 0 Å². The molecule has 10 heteroatoms. The second-order valence-corrected chi connectivity index (χ2v) is 5.27. The molecule has 0 amide bonds. The van der Waals surface area contributed by atoms with Gasteiger partial charge in [0.15, 0.2) is 5.65 Å². The molecule has 0 fully saturated rings. The number of nitrogens with one attached hydrogen (secondary N) is 1. The van der Waals surface area contributed by atoms with Crippen LogP contribution >= 0.6 is 0 Å². The third-order valence-corrected chi connectivity index (χ3v) is 3.74. The van der Waals surface area contributed by atoms with Gasteiger partial charge >= 0.3 is 17.4 Å². The predicted octanol–water partition coefficient (Wildman–Crippen LogP) is 3.35. The largest absolute Gasteiger partial charge is 0.433 e. The molecular weight excluding hydrogens is 353 g/mol. The topological polar surface area (TPSA) is 90.1 Å². The molecule has 7 nitrogen and oxygen atoms in total. The first kappa shape index (κ1) is 17.4. The van der Waals surface area contributed by atoms with Gasteiger partial charge in [-0.1, -0.05) is 18.2 Å². The average Bonchev–Trinajstić information content (AvgIpc) is 2.59. The molecule has 0 aliphatic rings. The van der Waals surface area contributed by atoms with Crippen molar-refractivity contribution in [2.75, 3.05) is 12.4 Å². The molecule has 134 valence electrons. The zero-order chi connectivity index (χ0) is 19.1. The van der Waals surface area contributed by atoms with Crippen molar-refractivity contribution in [3.05, 3.63) is 68.6 Å². The van der Waals surface area contributed by atoms with Gasteiger partial charge in [0.05, 0.1) is 10.6 Å². The van der Waals surface area contributed by atoms with Crippen LogP contribution in [0.3, 0.4) is 0 Å². The highest BCUT2D eigenvalue weighted by Gasteiger charge is 2.34. The molecule has 1 aromatic carbocycles. The van der Waals surface area contributed by atoms with Crippen LogP contribution in [0.1, 0.15) is 5.69 Å². The normalized spacial score (nSPS) is 11.5. The number of anilines is 1. The van der Waals surface area contributed by atoms with E-state index >= 15 is 0 Å². The Morgan fingerprint density at radius 1 is 1.15 bits per heavy atom. The van der Waals surface area contributed by atoms with Crippen LogP contribution in [0.25, 0.3) is 16.7 Å². The molecule has 0 bridgehead atoms. The number of hydrogen-bond acceptors (Lipinski definition) is 5. The molecule has 0 aliphatic carbocycles. The lowest BCUT2D eigenvalue weighted by Gasteiger charge is -2.15. The van der Waals surface area contributed by atoms with Gasteiger partial charge in [0, 0.05) is 12.4 Å². The second kappa shape index (κ2) is 6.14. The van der Waals surface area contributed by atoms with Crippen LogP contribution < -0.4 is 10.9 Å². The summed E-state index contributed by atoms with van der Waals surface area (Å²) in [5, 5.41) is 14.0. The predicted molar refractivity (Wildman–Crippen MR) is 88.5 cm³/mol. The number of aromatic nitrogens is 2. The van der Waals surface area contributed by atoms with E-state index in [4.69, 9.17) is 0 Å². The quantitative estimate of drug-likeness (QED) is 0.569. The first-order valence-electron chi connectivity index (χ1n) is 7.30. The number of hydrogen-bond donors (Lipinski definition) is 1. The molecule has 0 atom stereocenters. The van der Waals surface area contributed by atoms with Crippen LogP contribution in [0.2, 0.25) is 0 Å². The Hall–Kier alpha value is -3.43. The number of fused-ring (bicyclic) bond motifs is 1. The summed E-state index contributed by atoms with van der Waals surface area (Å²) in [5.41, 5.74) is -3.41. The fraction of sp³-hybridized carbons (Fsp3) is 0.125. The van der Waals surface area contributed by atoms with E-state index in [1.165, 1.54) is 19.2 Å². The number of para-hydroxylation sites is 1. The maximum absolute atomic E-state index is 13.1. The molecule has 0 saturated carbocycles. The van der Waals surface area contributed by atoms with Gasteiger partial charge in [0.2, 0.25) is 0 Å². The molecule has 0 radical (unpaired) electrons. The Morgan fingerprint density at radius 2 is 1.81 bits per heavy atom. The van der Waals surface area contributed by atoms with Crippen molar-refractivity contribution in [2.24, 2.45) is 0 Å². The standard InChI is InChI=1S/C16H11F3N4O3/c1-20-12-10-7-8-11(16(17,18)19)21-14(10)22(9-5-3-2-4-6-9)15(24)13(12)23(25)26/h2-8,20H,1H3. The van der Waals surface area contributed by atoms with Gasteiger partial charge in [-0.3, -0.25) is 19.5 Å². The lowest BCUT2D eigenvalue weighted by molar-refractivity contribution is -0.385. The van der Waals surface area contributed by atoms with E-state index in [9.17, 15) is 28.1 Å². The lowest BCUT2D eigenvalue weighted by Crippen LogP contribution is -2.24. The zero-order valence-electron chi connectivity index (χ0n) is 13.2. The fourth-order valence-corrected chi connectivity index (χ4v) is 2.65. The van der Waals surface area contributed by atoms with Crippen LogP contribution in [0, 0.1) is 10.1 Å². The number of nitro groups is 1. The number of pyridine rings is 2. The monoisotopic (exact) mass is 364 g/mol. The third kappa shape index (κ3) is 2.75. The maximum atomic E-state index is 13.1. The van der Waals surface area contributed by atoms with Crippen molar-refractivity contribution >= 4 is 22.4 Å². The summed E-state index contributed by atoms with van der Waals surface area (Å²) in [6, 6.07) is 9.42. The van der Waals surface area contributed by atoms with Crippen molar-refractivity contribution in [2.45, 2.75) is 6.18 Å². The first-order chi connectivity index (χ1) is 12.3. The number of nitrogens with zero attached hydrogens (tertiary/aromatic N) is 3. The highest BCUT2D eigenvalue weighted by atomic mass is 19.4. The zero-order valence-corrected chi connectivity index (χ0v) is 13.2. The fourth-order valence-electron chi connectivity index (χ4n) is 2.65. The summed E-state index contributed by atoms with van der Waals surface area (Å²) in [5.74, 6) is 0. The molecule has 3 rings (SSSR count). The van der Waals surface area contributed by atoms with Gasteiger partial charge in [-0.15, -0.1) is 0 Å². The van der Waals surface area contributed by atoms with Gasteiger partial charge in [0.25, 0.3) is 0 Å². The van der Waals surface area contributed by atoms with Crippen molar-refractivity contribution in [1.29, 1.82) is 0 Å². The summed E-state index contributed by atoms with van der Waals surface area (Å²) in [6.45, 7) is 0. The second-order valence-electron chi connectivity index (χ2n) is 5.27. The van der Waals surface area contributed by atoms with E-state index in [2.05, 4.69) is 10.3 Å². The van der Waals surface area contributed by atoms with E-state index < -0.39 is 28.0 Å². The van der Waals surface area contributed by atoms with E-state index in [0.29, 0.717) is 6.07 Å². The molecule has 3 aromatic rings. The van der Waals surface area contributed by atoms with Gasteiger partial charge in [0.1, 0.15) is 11.4 Å². The Kier molecular flexibility index (Phi) is 4.10. The Labute approximate surface area is 143 Å². The van der Waals surface area contributed by atoms with E-state index in [1.54, 1.807) is 18.2 Å². The highest BCUT2D eigenvalue weighted by molar-refractivity contribution is 5.95. The van der Waals surface area contributed by atoms with Crippen LogP contribution in [0.15, 0.2) is 47.3 Å². The van der Waals surface area contributed by atoms with Crippen molar-refractivity contribution in [3.8, 4) is 5.69 Å². The smallest absolute Gasteiger partial charge is 0.382 e. The Bertz CT molecular complexity index is 1060. The molecule has 0 spiro atoms. The van der Waals surface area contributed by atoms with Gasteiger partial charge in [-0.2, -0.15) is 13.2 Å². The van der Waals surface area contributed by atoms with Crippen LogP contribution in [-0.4, -0.2) is 21.5 Å². The number of rotatable bonds is 3. The van der Waals surface area contributed by atoms with E-state index in [1.807, 2.05) is 0 Å². The number of halogens is 3. The Balaban J connectivity index is 2.55. The molecule has 2 heterocycles. The molecule has 1 N–H and O–H groups in total. The first-order valence-corrected chi connectivity index (χ1v) is 7.30. The van der Waals surface area contributed by atoms with Crippen molar-refractivity contribution in [1.82, 2.24) is 9.55 Å². The number of alkyl halides is 3. The SMILES string of the molecule is CNc1c([N+](=O)[O-])c(=O)n(-c2ccccc2)c2nc(C(F)(F)F)ccc12. The Morgan fingerprint density at radius 3 is 2.35 bits per heavy atom. The summed E-state index contributed by atoms with van der Waals surface area (Å²) >= 11 is 0. The van der Waals surface area contributed by atoms with E-state index in [-0.39, 0.29) is 22.4 Å². The molecule has 2 aromatic heterocycles. The minimum Gasteiger partial charge on any atom is -0.382 e. The minimum atomic E-state index is -4.73. The minimum absolute atomic E-state index is 0.0238. The summed E-state index contributed by atoms with van der Waals surface area (Å²) in [4.78, 5) is 26.8. The van der Waals surface area contributed by atoms with Crippen molar-refractivity contribution in [3.63, 3.8) is 0 Å². The average molecular weight is 364 g/mol. The highest BCUT2D eigenvalue weighted by Crippen LogP contribution is 2.34. The molecule has 26 heavy (non-hydrogen) atoms. The molecule has 0 saturated heterocycles. The van der Waals surface area contributed by atoms with Gasteiger partial charge in [-0.05, 0) is 24.3 Å². The summed E-state index contributed by atoms with van der Waals surface area (Å²) in [6.07, 6.45) is -4.73. The van der Waals surface area contributed by atoms with Crippen LogP contribution in [0.4, 0.5) is 24.5 Å². The number of benzene rings is 1. The van der Waals surface area contributed by atoms with Gasteiger partial charge < -0.3 is 5.32 Å². The third-order valence-electron chi connectivity index (χ3n) is 3.74. The molecule has 0 aliphatic heterocycles. The molecular formula is C16H11F3N4O3. The maximum Gasteiger partial charge on any atom is 0.433 e. The van der Waals surface area contributed by atoms with Crippen LogP contribution in [-0.2, 0) is 6.18 Å². The van der Waals surface area contributed by atoms with Gasteiger partial charge in [-0.25, -0.2) is 4.98 Å². The lowest BCUT2D eigenvalue weighted by atomic mass is 10.1. The summed E-state index contributed by atoms with van der Waals surface area (Å²) in [7, 11) is 1.34. The van der Waals surface area contributed by atoms with Crippen molar-refractivity contribution < 1.29 is 18.1 Å². The summed E-state index contributed by atoms with van der Waals surface area (Å²) < 4.78 is 40.0. The van der Waals surface area contributed by atoms with E-state index in [0.717, 1.165) is 10.6 Å². The molecule has 0 unspecified atom stereocenters.